The zero-order chi connectivity index (χ0) is 22.8. The predicted octanol–water partition coefficient (Wildman–Crippen LogP) is 5.25. The number of rotatable bonds is 6. The molecule has 1 fully saturated rings. The Kier molecular flexibility index (Phi) is 6.81. The first kappa shape index (κ1) is 23.0. The topological polar surface area (TPSA) is 88.2 Å². The van der Waals surface area contributed by atoms with Crippen LogP contribution in [0.4, 0.5) is 25.2 Å². The summed E-state index contributed by atoms with van der Waals surface area (Å²) in [6.07, 6.45) is 0.986. The second-order valence-electron chi connectivity index (χ2n) is 9.28. The van der Waals surface area contributed by atoms with Gasteiger partial charge in [-0.05, 0) is 66.0 Å². The Morgan fingerprint density at radius 3 is 2.55 bits per heavy atom. The van der Waals surface area contributed by atoms with E-state index in [4.69, 9.17) is 4.74 Å². The van der Waals surface area contributed by atoms with Crippen LogP contribution in [0.1, 0.15) is 66.0 Å². The van der Waals surface area contributed by atoms with Gasteiger partial charge in [-0.15, -0.1) is 0 Å². The van der Waals surface area contributed by atoms with Gasteiger partial charge in [0, 0.05) is 35.1 Å². The van der Waals surface area contributed by atoms with Crippen molar-refractivity contribution in [3.05, 3.63) is 24.0 Å². The van der Waals surface area contributed by atoms with Crippen molar-refractivity contribution in [2.24, 2.45) is 0 Å². The molecule has 3 rings (SSSR count). The highest BCUT2D eigenvalue weighted by Crippen LogP contribution is 2.30. The number of carbonyl (C=O) groups excluding carboxylic acids is 1. The Morgan fingerprint density at radius 2 is 1.90 bits per heavy atom. The van der Waals surface area contributed by atoms with Gasteiger partial charge in [0.05, 0.1) is 0 Å². The van der Waals surface area contributed by atoms with E-state index in [9.17, 15) is 13.6 Å². The summed E-state index contributed by atoms with van der Waals surface area (Å²) in [6, 6.07) is 3.42. The lowest BCUT2D eigenvalue weighted by molar-refractivity contribution is 0.0505. The van der Waals surface area contributed by atoms with Crippen LogP contribution in [0.2, 0.25) is 0 Å². The Hall–Kier alpha value is -2.71. The van der Waals surface area contributed by atoms with Crippen molar-refractivity contribution in [3.63, 3.8) is 0 Å². The van der Waals surface area contributed by atoms with Crippen LogP contribution in [-0.2, 0) is 4.74 Å². The summed E-state index contributed by atoms with van der Waals surface area (Å²) in [5, 5.41) is 10.8. The highest BCUT2D eigenvalue weighted by molar-refractivity contribution is 5.93. The van der Waals surface area contributed by atoms with Gasteiger partial charge in [0.15, 0.2) is 0 Å². The van der Waals surface area contributed by atoms with Crippen molar-refractivity contribution < 1.29 is 18.3 Å². The van der Waals surface area contributed by atoms with Crippen molar-refractivity contribution >= 4 is 28.5 Å². The molecule has 0 bridgehead atoms. The van der Waals surface area contributed by atoms with Crippen LogP contribution in [0.5, 0.6) is 0 Å². The monoisotopic (exact) mass is 435 g/mol. The number of pyridine rings is 2. The molecule has 1 amide bonds. The molecule has 7 nitrogen and oxygen atoms in total. The third-order valence-electron chi connectivity index (χ3n) is 4.89. The molecule has 0 saturated heterocycles. The normalized spacial score (nSPS) is 19.1. The van der Waals surface area contributed by atoms with E-state index < -0.39 is 18.1 Å². The SMILES string of the molecule is CC(C)Nc1nc(C(F)F)cc2cnc(N[C@H]3CC[C@H](NC(=O)OC(C)(C)C)C3)cc12. The van der Waals surface area contributed by atoms with Gasteiger partial charge >= 0.3 is 6.09 Å². The smallest absolute Gasteiger partial charge is 0.407 e. The fourth-order valence-corrected chi connectivity index (χ4v) is 3.67. The molecular formula is C22H31F2N5O2. The van der Waals surface area contributed by atoms with E-state index in [2.05, 4.69) is 25.9 Å². The molecule has 1 aliphatic rings. The Morgan fingerprint density at radius 1 is 1.19 bits per heavy atom. The maximum Gasteiger partial charge on any atom is 0.407 e. The fraction of sp³-hybridized carbons (Fsp3) is 0.591. The molecular weight excluding hydrogens is 404 g/mol. The first-order valence-electron chi connectivity index (χ1n) is 10.6. The molecule has 1 saturated carbocycles. The number of ether oxygens (including phenoxy) is 1. The summed E-state index contributed by atoms with van der Waals surface area (Å²) in [7, 11) is 0. The van der Waals surface area contributed by atoms with Gasteiger partial charge < -0.3 is 20.7 Å². The first-order valence-corrected chi connectivity index (χ1v) is 10.6. The minimum atomic E-state index is -2.65. The number of halogens is 2. The summed E-state index contributed by atoms with van der Waals surface area (Å²) in [6.45, 7) is 9.36. The van der Waals surface area contributed by atoms with Crippen molar-refractivity contribution in [2.45, 2.75) is 84.0 Å². The van der Waals surface area contributed by atoms with Crippen molar-refractivity contribution in [1.29, 1.82) is 0 Å². The van der Waals surface area contributed by atoms with Gasteiger partial charge in [0.1, 0.15) is 22.9 Å². The van der Waals surface area contributed by atoms with E-state index >= 15 is 0 Å². The van der Waals surface area contributed by atoms with Crippen molar-refractivity contribution in [3.8, 4) is 0 Å². The molecule has 0 aliphatic heterocycles. The molecule has 2 aromatic rings. The zero-order valence-corrected chi connectivity index (χ0v) is 18.6. The minimum Gasteiger partial charge on any atom is -0.444 e. The number of fused-ring (bicyclic) bond motifs is 1. The van der Waals surface area contributed by atoms with Crippen molar-refractivity contribution in [1.82, 2.24) is 15.3 Å². The number of nitrogens with one attached hydrogen (secondary N) is 3. The number of hydrogen-bond acceptors (Lipinski definition) is 6. The van der Waals surface area contributed by atoms with Gasteiger partial charge in [0.25, 0.3) is 6.43 Å². The maximum atomic E-state index is 13.2. The molecule has 0 aromatic carbocycles. The molecule has 2 aromatic heterocycles. The van der Waals surface area contributed by atoms with Gasteiger partial charge in [-0.25, -0.2) is 23.5 Å². The largest absolute Gasteiger partial charge is 0.444 e. The number of hydrogen-bond donors (Lipinski definition) is 3. The molecule has 2 heterocycles. The lowest BCUT2D eigenvalue weighted by Crippen LogP contribution is -2.38. The van der Waals surface area contributed by atoms with Crippen LogP contribution >= 0.6 is 0 Å². The number of alkyl carbamates (subject to hydrolysis) is 1. The standard InChI is InChI=1S/C22H31F2N5O2/c1-12(2)26-20-16-10-18(25-11-13(16)8-17(29-20)19(23)24)27-14-6-7-15(9-14)28-21(30)31-22(3,4)5/h8,10-12,14-15,19H,6-7,9H2,1-5H3,(H,25,27)(H,26,29)(H,28,30)/t14-,15-/m0/s1. The summed E-state index contributed by atoms with van der Waals surface area (Å²) in [5.41, 5.74) is -0.806. The Balaban J connectivity index is 1.71. The lowest BCUT2D eigenvalue weighted by Gasteiger charge is -2.22. The minimum absolute atomic E-state index is 0.0289. The molecule has 2 atom stereocenters. The highest BCUT2D eigenvalue weighted by atomic mass is 19.3. The third-order valence-corrected chi connectivity index (χ3v) is 4.89. The molecule has 0 unspecified atom stereocenters. The average molecular weight is 436 g/mol. The number of anilines is 2. The predicted molar refractivity (Wildman–Crippen MR) is 118 cm³/mol. The van der Waals surface area contributed by atoms with Gasteiger partial charge in [0.2, 0.25) is 0 Å². The molecule has 3 N–H and O–H groups in total. The van der Waals surface area contributed by atoms with E-state index in [1.807, 2.05) is 40.7 Å². The summed E-state index contributed by atoms with van der Waals surface area (Å²) in [5.74, 6) is 1.07. The summed E-state index contributed by atoms with van der Waals surface area (Å²) >= 11 is 0. The van der Waals surface area contributed by atoms with Gasteiger partial charge in [-0.3, -0.25) is 0 Å². The molecule has 1 aliphatic carbocycles. The van der Waals surface area contributed by atoms with Crippen molar-refractivity contribution in [2.75, 3.05) is 10.6 Å². The van der Waals surface area contributed by atoms with E-state index in [0.29, 0.717) is 17.0 Å². The van der Waals surface area contributed by atoms with E-state index in [0.717, 1.165) is 24.6 Å². The quantitative estimate of drug-likeness (QED) is 0.575. The maximum absolute atomic E-state index is 13.2. The van der Waals surface area contributed by atoms with Crippen LogP contribution in [0, 0.1) is 0 Å². The first-order chi connectivity index (χ1) is 14.5. The number of aromatic nitrogens is 2. The number of carbonyl (C=O) groups is 1. The third kappa shape index (κ3) is 6.38. The van der Waals surface area contributed by atoms with Crippen LogP contribution < -0.4 is 16.0 Å². The number of amides is 1. The summed E-state index contributed by atoms with van der Waals surface area (Å²) < 4.78 is 31.8. The lowest BCUT2D eigenvalue weighted by atomic mass is 10.1. The van der Waals surface area contributed by atoms with Crippen LogP contribution in [0.25, 0.3) is 10.8 Å². The number of nitrogens with zero attached hydrogens (tertiary/aromatic N) is 2. The summed E-state index contributed by atoms with van der Waals surface area (Å²) in [4.78, 5) is 20.5. The molecule has 0 spiro atoms. The van der Waals surface area contributed by atoms with E-state index in [1.165, 1.54) is 6.07 Å². The van der Waals surface area contributed by atoms with Crippen LogP contribution in [-0.4, -0.2) is 39.8 Å². The fourth-order valence-electron chi connectivity index (χ4n) is 3.67. The zero-order valence-electron chi connectivity index (χ0n) is 18.6. The van der Waals surface area contributed by atoms with E-state index in [1.54, 1.807) is 6.20 Å². The second kappa shape index (κ2) is 9.20. The average Bonchev–Trinajstić information content (AvgIpc) is 3.06. The van der Waals surface area contributed by atoms with Gasteiger partial charge in [-0.1, -0.05) is 0 Å². The molecule has 31 heavy (non-hydrogen) atoms. The van der Waals surface area contributed by atoms with Crippen LogP contribution in [0.15, 0.2) is 18.3 Å². The van der Waals surface area contributed by atoms with E-state index in [-0.39, 0.29) is 23.8 Å². The molecule has 0 radical (unpaired) electrons. The van der Waals surface area contributed by atoms with Crippen LogP contribution in [0.3, 0.4) is 0 Å². The highest BCUT2D eigenvalue weighted by Gasteiger charge is 2.28. The molecule has 9 heteroatoms. The Labute approximate surface area is 181 Å². The number of alkyl halides is 2. The van der Waals surface area contributed by atoms with Gasteiger partial charge in [-0.2, -0.15) is 0 Å². The second-order valence-corrected chi connectivity index (χ2v) is 9.28. The Bertz CT molecular complexity index is 930. The molecule has 170 valence electrons.